The maximum atomic E-state index is 5.67. The highest BCUT2D eigenvalue weighted by molar-refractivity contribution is 7.80. The summed E-state index contributed by atoms with van der Waals surface area (Å²) in [5, 5.41) is 3.49. The van der Waals surface area contributed by atoms with Crippen LogP contribution in [-0.2, 0) is 0 Å². The Balaban J connectivity index is 2.10. The van der Waals surface area contributed by atoms with Crippen molar-refractivity contribution in [3.05, 3.63) is 29.8 Å². The Morgan fingerprint density at radius 1 is 1.40 bits per heavy atom. The minimum atomic E-state index is 0.463. The summed E-state index contributed by atoms with van der Waals surface area (Å²) in [6.45, 7) is 2.28. The molecule has 3 N–H and O–H groups in total. The first-order chi connectivity index (χ1) is 7.16. The molecule has 0 saturated heterocycles. The molecule has 3 heteroatoms. The van der Waals surface area contributed by atoms with Crippen molar-refractivity contribution in [3.8, 4) is 0 Å². The Kier molecular flexibility index (Phi) is 2.91. The lowest BCUT2D eigenvalue weighted by atomic mass is 9.81. The zero-order chi connectivity index (χ0) is 10.8. The Labute approximate surface area is 95.9 Å². The van der Waals surface area contributed by atoms with E-state index in [1.54, 1.807) is 0 Å². The summed E-state index contributed by atoms with van der Waals surface area (Å²) < 4.78 is 0. The molecule has 1 aromatic rings. The highest BCUT2D eigenvalue weighted by Gasteiger charge is 2.25. The van der Waals surface area contributed by atoms with E-state index in [9.17, 15) is 0 Å². The molecule has 1 aliphatic carbocycles. The number of hydrogen-bond acceptors (Lipinski definition) is 2. The number of nitrogens with one attached hydrogen (secondary N) is 1. The molecule has 0 radical (unpaired) electrons. The van der Waals surface area contributed by atoms with Crippen molar-refractivity contribution in [1.29, 1.82) is 0 Å². The van der Waals surface area contributed by atoms with E-state index in [1.807, 2.05) is 24.3 Å². The van der Waals surface area contributed by atoms with Gasteiger partial charge in [0.15, 0.2) is 0 Å². The lowest BCUT2D eigenvalue weighted by Crippen LogP contribution is -2.34. The average molecular weight is 220 g/mol. The molecular formula is C12H16N2S. The van der Waals surface area contributed by atoms with Crippen LogP contribution >= 0.6 is 12.2 Å². The van der Waals surface area contributed by atoms with E-state index in [0.29, 0.717) is 11.0 Å². The van der Waals surface area contributed by atoms with Crippen LogP contribution in [0.3, 0.4) is 0 Å². The minimum absolute atomic E-state index is 0.463. The Bertz CT molecular complexity index is 370. The number of benzene rings is 1. The maximum absolute atomic E-state index is 5.67. The molecule has 2 nitrogen and oxygen atoms in total. The van der Waals surface area contributed by atoms with Crippen LogP contribution in [-0.4, -0.2) is 11.0 Å². The summed E-state index contributed by atoms with van der Waals surface area (Å²) >= 11 is 5.02. The number of rotatable bonds is 3. The minimum Gasteiger partial charge on any atom is -0.389 e. The number of hydrogen-bond donors (Lipinski definition) is 2. The van der Waals surface area contributed by atoms with Crippen LogP contribution in [0, 0.1) is 5.92 Å². The van der Waals surface area contributed by atoms with Crippen LogP contribution in [0.25, 0.3) is 0 Å². The summed E-state index contributed by atoms with van der Waals surface area (Å²) in [6, 6.07) is 8.56. The van der Waals surface area contributed by atoms with Gasteiger partial charge in [0.25, 0.3) is 0 Å². The third kappa shape index (κ3) is 2.29. The first kappa shape index (κ1) is 10.4. The molecule has 0 heterocycles. The number of thiocarbonyl (C=S) groups is 1. The molecule has 1 fully saturated rings. The SMILES string of the molecule is CC1CC(Nc2ccccc2C(N)=S)C1. The molecule has 0 unspecified atom stereocenters. The normalized spacial score (nSPS) is 24.3. The van der Waals surface area contributed by atoms with E-state index >= 15 is 0 Å². The van der Waals surface area contributed by atoms with E-state index < -0.39 is 0 Å². The van der Waals surface area contributed by atoms with Crippen molar-refractivity contribution in [1.82, 2.24) is 0 Å². The number of anilines is 1. The highest BCUT2D eigenvalue weighted by atomic mass is 32.1. The quantitative estimate of drug-likeness (QED) is 0.769. The van der Waals surface area contributed by atoms with Gasteiger partial charge in [0, 0.05) is 17.3 Å². The first-order valence-corrected chi connectivity index (χ1v) is 5.73. The molecule has 0 aliphatic heterocycles. The second kappa shape index (κ2) is 4.19. The van der Waals surface area contributed by atoms with Crippen LogP contribution in [0.2, 0.25) is 0 Å². The monoisotopic (exact) mass is 220 g/mol. The molecule has 15 heavy (non-hydrogen) atoms. The molecule has 0 spiro atoms. The Morgan fingerprint density at radius 2 is 2.07 bits per heavy atom. The zero-order valence-electron chi connectivity index (χ0n) is 8.86. The van der Waals surface area contributed by atoms with Crippen molar-refractivity contribution < 1.29 is 0 Å². The Morgan fingerprint density at radius 3 is 2.67 bits per heavy atom. The molecule has 0 bridgehead atoms. The summed E-state index contributed by atoms with van der Waals surface area (Å²) in [7, 11) is 0. The van der Waals surface area contributed by atoms with Gasteiger partial charge in [0.05, 0.1) is 0 Å². The second-order valence-corrected chi connectivity index (χ2v) is 4.77. The Hall–Kier alpha value is -1.09. The van der Waals surface area contributed by atoms with Gasteiger partial charge in [-0.1, -0.05) is 31.3 Å². The predicted molar refractivity (Wildman–Crippen MR) is 68.1 cm³/mol. The van der Waals surface area contributed by atoms with Gasteiger partial charge in [-0.15, -0.1) is 0 Å². The topological polar surface area (TPSA) is 38.0 Å². The molecule has 0 atom stereocenters. The molecule has 1 aliphatic rings. The number of para-hydroxylation sites is 1. The molecule has 2 rings (SSSR count). The largest absolute Gasteiger partial charge is 0.389 e. The fourth-order valence-electron chi connectivity index (χ4n) is 2.06. The third-order valence-electron chi connectivity index (χ3n) is 2.93. The van der Waals surface area contributed by atoms with Crippen molar-refractivity contribution in [2.75, 3.05) is 5.32 Å². The van der Waals surface area contributed by atoms with E-state index in [2.05, 4.69) is 12.2 Å². The van der Waals surface area contributed by atoms with Crippen molar-refractivity contribution in [3.63, 3.8) is 0 Å². The fraction of sp³-hybridized carbons (Fsp3) is 0.417. The van der Waals surface area contributed by atoms with Crippen molar-refractivity contribution >= 4 is 22.9 Å². The van der Waals surface area contributed by atoms with E-state index in [1.165, 1.54) is 12.8 Å². The van der Waals surface area contributed by atoms with Gasteiger partial charge in [-0.25, -0.2) is 0 Å². The molecule has 1 aromatic carbocycles. The third-order valence-corrected chi connectivity index (χ3v) is 3.15. The van der Waals surface area contributed by atoms with Crippen LogP contribution in [0.5, 0.6) is 0 Å². The van der Waals surface area contributed by atoms with E-state index in [0.717, 1.165) is 17.2 Å². The molecule has 80 valence electrons. The summed E-state index contributed by atoms with van der Waals surface area (Å²) in [5.41, 5.74) is 7.69. The van der Waals surface area contributed by atoms with Crippen LogP contribution < -0.4 is 11.1 Å². The summed E-state index contributed by atoms with van der Waals surface area (Å²) in [4.78, 5) is 0.463. The lowest BCUT2D eigenvalue weighted by molar-refractivity contribution is 0.309. The maximum Gasteiger partial charge on any atom is 0.106 e. The smallest absolute Gasteiger partial charge is 0.106 e. The molecule has 0 amide bonds. The molecular weight excluding hydrogens is 204 g/mol. The van der Waals surface area contributed by atoms with Gasteiger partial charge in [0.2, 0.25) is 0 Å². The van der Waals surface area contributed by atoms with Gasteiger partial charge in [-0.2, -0.15) is 0 Å². The second-order valence-electron chi connectivity index (χ2n) is 4.33. The van der Waals surface area contributed by atoms with Gasteiger partial charge < -0.3 is 11.1 Å². The highest BCUT2D eigenvalue weighted by Crippen LogP contribution is 2.30. The standard InChI is InChI=1S/C12H16N2S/c1-8-6-9(7-8)14-11-5-3-2-4-10(11)12(13)15/h2-5,8-9,14H,6-7H2,1H3,(H2,13,15). The van der Waals surface area contributed by atoms with Gasteiger partial charge in [0.1, 0.15) is 4.99 Å². The van der Waals surface area contributed by atoms with Gasteiger partial charge >= 0.3 is 0 Å². The van der Waals surface area contributed by atoms with Crippen LogP contribution in [0.1, 0.15) is 25.3 Å². The van der Waals surface area contributed by atoms with Crippen molar-refractivity contribution in [2.45, 2.75) is 25.8 Å². The summed E-state index contributed by atoms with van der Waals surface area (Å²) in [6.07, 6.45) is 2.48. The van der Waals surface area contributed by atoms with Crippen molar-refractivity contribution in [2.24, 2.45) is 11.7 Å². The molecule has 1 saturated carbocycles. The fourth-order valence-corrected chi connectivity index (χ4v) is 2.24. The van der Waals surface area contributed by atoms with E-state index in [-0.39, 0.29) is 0 Å². The number of nitrogens with two attached hydrogens (primary N) is 1. The van der Waals surface area contributed by atoms with E-state index in [4.69, 9.17) is 18.0 Å². The van der Waals surface area contributed by atoms with Crippen LogP contribution in [0.15, 0.2) is 24.3 Å². The van der Waals surface area contributed by atoms with Gasteiger partial charge in [-0.3, -0.25) is 0 Å². The lowest BCUT2D eigenvalue weighted by Gasteiger charge is -2.34. The average Bonchev–Trinajstić information content (AvgIpc) is 2.16. The first-order valence-electron chi connectivity index (χ1n) is 5.32. The predicted octanol–water partition coefficient (Wildman–Crippen LogP) is 2.53. The molecule has 0 aromatic heterocycles. The van der Waals surface area contributed by atoms with Crippen LogP contribution in [0.4, 0.5) is 5.69 Å². The summed E-state index contributed by atoms with van der Waals surface area (Å²) in [5.74, 6) is 0.847. The zero-order valence-corrected chi connectivity index (χ0v) is 9.68. The van der Waals surface area contributed by atoms with Gasteiger partial charge in [-0.05, 0) is 30.9 Å².